The van der Waals surface area contributed by atoms with Crippen LogP contribution in [0.3, 0.4) is 0 Å². The highest BCUT2D eigenvalue weighted by molar-refractivity contribution is 5.29. The summed E-state index contributed by atoms with van der Waals surface area (Å²) in [5, 5.41) is 12.9. The number of aromatic hydroxyl groups is 1. The average molecular weight is 269 g/mol. The fourth-order valence-corrected chi connectivity index (χ4v) is 2.67. The van der Waals surface area contributed by atoms with Gasteiger partial charge in [0.2, 0.25) is 0 Å². The van der Waals surface area contributed by atoms with Crippen molar-refractivity contribution in [1.29, 1.82) is 0 Å². The first-order valence-corrected chi connectivity index (χ1v) is 7.16. The van der Waals surface area contributed by atoms with Gasteiger partial charge in [0.15, 0.2) is 0 Å². The van der Waals surface area contributed by atoms with E-state index in [1.807, 2.05) is 19.2 Å². The van der Waals surface area contributed by atoms with Crippen LogP contribution >= 0.6 is 0 Å². The molecule has 0 saturated carbocycles. The highest BCUT2D eigenvalue weighted by Crippen LogP contribution is 2.19. The first-order valence-electron chi connectivity index (χ1n) is 7.16. The number of aryl methyl sites for hydroxylation is 1. The molecule has 1 unspecified atom stereocenters. The average Bonchev–Trinajstić information content (AvgIpc) is 2.42. The van der Waals surface area contributed by atoms with Crippen molar-refractivity contribution in [3.8, 4) is 5.75 Å². The Kier molecular flexibility index (Phi) is 5.19. The van der Waals surface area contributed by atoms with E-state index < -0.39 is 0 Å². The Morgan fingerprint density at radius 3 is 2.55 bits per heavy atom. The van der Waals surface area contributed by atoms with Crippen LogP contribution in [0.5, 0.6) is 5.75 Å². The zero-order valence-corrected chi connectivity index (χ0v) is 12.3. The molecular weight excluding hydrogens is 246 g/mol. The molecule has 0 fully saturated rings. The molecule has 0 aliphatic rings. The van der Waals surface area contributed by atoms with Crippen molar-refractivity contribution in [3.05, 3.63) is 65.2 Å². The molecule has 0 aromatic heterocycles. The Balaban J connectivity index is 2.09. The van der Waals surface area contributed by atoms with Gasteiger partial charge in [-0.3, -0.25) is 0 Å². The summed E-state index contributed by atoms with van der Waals surface area (Å²) >= 11 is 0. The van der Waals surface area contributed by atoms with E-state index in [4.69, 9.17) is 0 Å². The largest absolute Gasteiger partial charge is 0.508 e. The normalized spacial score (nSPS) is 12.3. The predicted molar refractivity (Wildman–Crippen MR) is 84.1 cm³/mol. The fraction of sp³-hybridized carbons (Fsp3) is 0.333. The zero-order valence-electron chi connectivity index (χ0n) is 12.3. The van der Waals surface area contributed by atoms with E-state index in [0.29, 0.717) is 11.7 Å². The van der Waals surface area contributed by atoms with E-state index in [9.17, 15) is 5.11 Å². The molecule has 0 radical (unpaired) electrons. The van der Waals surface area contributed by atoms with E-state index in [0.717, 1.165) is 19.4 Å². The van der Waals surface area contributed by atoms with Gasteiger partial charge in [-0.2, -0.15) is 0 Å². The second-order valence-corrected chi connectivity index (χ2v) is 5.43. The van der Waals surface area contributed by atoms with Crippen LogP contribution in [0, 0.1) is 12.8 Å². The molecule has 0 aliphatic carbocycles. The first-order chi connectivity index (χ1) is 9.69. The lowest BCUT2D eigenvalue weighted by Crippen LogP contribution is -2.23. The van der Waals surface area contributed by atoms with Crippen molar-refractivity contribution in [2.75, 3.05) is 13.6 Å². The SMILES string of the molecule is CNCC(Cc1cccc(O)c1)Cc1ccccc1C. The Morgan fingerprint density at radius 1 is 1.05 bits per heavy atom. The molecule has 106 valence electrons. The molecule has 2 rings (SSSR count). The lowest BCUT2D eigenvalue weighted by molar-refractivity contribution is 0.469. The quantitative estimate of drug-likeness (QED) is 0.843. The van der Waals surface area contributed by atoms with Crippen LogP contribution < -0.4 is 5.32 Å². The maximum absolute atomic E-state index is 9.57. The summed E-state index contributed by atoms with van der Waals surface area (Å²) in [7, 11) is 1.99. The summed E-state index contributed by atoms with van der Waals surface area (Å²) in [6.45, 7) is 3.14. The molecule has 0 aliphatic heterocycles. The Hall–Kier alpha value is -1.80. The minimum Gasteiger partial charge on any atom is -0.508 e. The lowest BCUT2D eigenvalue weighted by Gasteiger charge is -2.18. The minimum absolute atomic E-state index is 0.349. The van der Waals surface area contributed by atoms with Crippen molar-refractivity contribution < 1.29 is 5.11 Å². The zero-order chi connectivity index (χ0) is 14.4. The van der Waals surface area contributed by atoms with Crippen molar-refractivity contribution >= 4 is 0 Å². The lowest BCUT2D eigenvalue weighted by atomic mass is 9.90. The third-order valence-electron chi connectivity index (χ3n) is 3.70. The monoisotopic (exact) mass is 269 g/mol. The minimum atomic E-state index is 0.349. The van der Waals surface area contributed by atoms with Gasteiger partial charge < -0.3 is 10.4 Å². The van der Waals surface area contributed by atoms with E-state index in [1.54, 1.807) is 6.07 Å². The molecular formula is C18H23NO. The van der Waals surface area contributed by atoms with Gasteiger partial charge in [-0.15, -0.1) is 0 Å². The van der Waals surface area contributed by atoms with Gasteiger partial charge >= 0.3 is 0 Å². The number of nitrogens with one attached hydrogen (secondary N) is 1. The Labute approximate surface area is 121 Å². The second-order valence-electron chi connectivity index (χ2n) is 5.43. The molecule has 1 atom stereocenters. The van der Waals surface area contributed by atoms with Gasteiger partial charge in [-0.25, -0.2) is 0 Å². The molecule has 2 aromatic carbocycles. The van der Waals surface area contributed by atoms with Crippen LogP contribution in [0.25, 0.3) is 0 Å². The Morgan fingerprint density at radius 2 is 1.85 bits per heavy atom. The molecule has 20 heavy (non-hydrogen) atoms. The van der Waals surface area contributed by atoms with Gasteiger partial charge in [-0.1, -0.05) is 36.4 Å². The maximum atomic E-state index is 9.57. The highest BCUT2D eigenvalue weighted by atomic mass is 16.3. The number of rotatable bonds is 6. The summed E-state index contributed by atoms with van der Waals surface area (Å²) in [5.74, 6) is 0.879. The fourth-order valence-electron chi connectivity index (χ4n) is 2.67. The summed E-state index contributed by atoms with van der Waals surface area (Å²) < 4.78 is 0. The van der Waals surface area contributed by atoms with Gasteiger partial charge in [0.1, 0.15) is 5.75 Å². The number of phenols is 1. The first kappa shape index (κ1) is 14.6. The molecule has 0 saturated heterocycles. The molecule has 2 aromatic rings. The predicted octanol–water partition coefficient (Wildman–Crippen LogP) is 3.32. The number of phenolic OH excluding ortho intramolecular Hbond substituents is 1. The van der Waals surface area contributed by atoms with Gasteiger partial charge in [-0.05, 0) is 68.1 Å². The molecule has 0 bridgehead atoms. The number of hydrogen-bond acceptors (Lipinski definition) is 2. The van der Waals surface area contributed by atoms with Crippen LogP contribution in [-0.4, -0.2) is 18.7 Å². The van der Waals surface area contributed by atoms with Crippen LogP contribution in [0.15, 0.2) is 48.5 Å². The standard InChI is InChI=1S/C18H23NO/c1-14-6-3-4-8-17(14)11-16(13-19-2)10-15-7-5-9-18(20)12-15/h3-9,12,16,19-20H,10-11,13H2,1-2H3. The van der Waals surface area contributed by atoms with Gasteiger partial charge in [0.05, 0.1) is 0 Å². The number of benzene rings is 2. The molecule has 2 N–H and O–H groups in total. The van der Waals surface area contributed by atoms with Crippen molar-refractivity contribution in [3.63, 3.8) is 0 Å². The maximum Gasteiger partial charge on any atom is 0.115 e. The summed E-state index contributed by atoms with van der Waals surface area (Å²) in [4.78, 5) is 0. The third kappa shape index (κ3) is 4.10. The molecule has 0 spiro atoms. The summed E-state index contributed by atoms with van der Waals surface area (Å²) in [6, 6.07) is 16.1. The van der Waals surface area contributed by atoms with E-state index >= 15 is 0 Å². The van der Waals surface area contributed by atoms with Crippen LogP contribution in [0.2, 0.25) is 0 Å². The summed E-state index contributed by atoms with van der Waals surface area (Å²) in [6.07, 6.45) is 2.03. The summed E-state index contributed by atoms with van der Waals surface area (Å²) in [5.41, 5.74) is 3.95. The molecule has 0 heterocycles. The molecule has 0 amide bonds. The third-order valence-corrected chi connectivity index (χ3v) is 3.70. The Bertz CT molecular complexity index is 551. The molecule has 2 heteroatoms. The van der Waals surface area contributed by atoms with Gasteiger partial charge in [0, 0.05) is 0 Å². The van der Waals surface area contributed by atoms with Gasteiger partial charge in [0.25, 0.3) is 0 Å². The topological polar surface area (TPSA) is 32.3 Å². The van der Waals surface area contributed by atoms with Crippen LogP contribution in [0.4, 0.5) is 0 Å². The second kappa shape index (κ2) is 7.11. The number of hydrogen-bond donors (Lipinski definition) is 2. The van der Waals surface area contributed by atoms with Crippen LogP contribution in [0.1, 0.15) is 16.7 Å². The van der Waals surface area contributed by atoms with Crippen molar-refractivity contribution in [1.82, 2.24) is 5.32 Å². The molecule has 2 nitrogen and oxygen atoms in total. The van der Waals surface area contributed by atoms with E-state index in [1.165, 1.54) is 16.7 Å². The highest BCUT2D eigenvalue weighted by Gasteiger charge is 2.11. The smallest absolute Gasteiger partial charge is 0.115 e. The van der Waals surface area contributed by atoms with Crippen molar-refractivity contribution in [2.45, 2.75) is 19.8 Å². The van der Waals surface area contributed by atoms with E-state index in [2.05, 4.69) is 42.6 Å². The van der Waals surface area contributed by atoms with Crippen LogP contribution in [-0.2, 0) is 12.8 Å². The van der Waals surface area contributed by atoms with Crippen molar-refractivity contribution in [2.24, 2.45) is 5.92 Å². The van der Waals surface area contributed by atoms with E-state index in [-0.39, 0.29) is 0 Å².